The number of fused-ring (bicyclic) bond motifs is 2. The van der Waals surface area contributed by atoms with Gasteiger partial charge < -0.3 is 20.8 Å². The van der Waals surface area contributed by atoms with Gasteiger partial charge in [-0.25, -0.2) is 21.6 Å². The van der Waals surface area contributed by atoms with Crippen LogP contribution in [0, 0.1) is 0 Å². The molecule has 0 bridgehead atoms. The second-order valence-electron chi connectivity index (χ2n) is 11.6. The van der Waals surface area contributed by atoms with Gasteiger partial charge in [-0.05, 0) is 95.7 Å². The molecule has 0 aliphatic rings. The number of urea groups is 1. The summed E-state index contributed by atoms with van der Waals surface area (Å²) in [6.45, 7) is 0. The maximum atomic E-state index is 13.2. The molecule has 0 saturated heterocycles. The number of benzene rings is 6. The monoisotopic (exact) mass is 814 g/mol. The van der Waals surface area contributed by atoms with E-state index in [0.29, 0.717) is 0 Å². The predicted molar refractivity (Wildman–Crippen MR) is 198 cm³/mol. The molecule has 0 aliphatic carbocycles. The van der Waals surface area contributed by atoms with Gasteiger partial charge in [0.25, 0.3) is 40.3 Å². The van der Waals surface area contributed by atoms with Crippen LogP contribution in [0.1, 0.15) is 0 Å². The van der Waals surface area contributed by atoms with Gasteiger partial charge in [0.2, 0.25) is 0 Å². The summed E-state index contributed by atoms with van der Waals surface area (Å²) >= 11 is 0. The quantitative estimate of drug-likeness (QED) is 0.0833. The second kappa shape index (κ2) is 13.8. The highest BCUT2D eigenvalue weighted by Gasteiger charge is 2.20. The lowest BCUT2D eigenvalue weighted by Gasteiger charge is -2.13. The molecule has 0 atom stereocenters. The largest absolute Gasteiger partial charge is 0.507 e. The minimum atomic E-state index is -4.67. The van der Waals surface area contributed by atoms with E-state index in [1.54, 1.807) is 0 Å². The maximum Gasteiger partial charge on any atom is 0.323 e. The molecule has 0 radical (unpaired) electrons. The molecule has 8 N–H and O–H groups in total. The fourth-order valence-corrected chi connectivity index (χ4v) is 8.54. The van der Waals surface area contributed by atoms with Crippen molar-refractivity contribution in [2.45, 2.75) is 19.6 Å². The molecule has 0 unspecified atom stereocenters. The van der Waals surface area contributed by atoms with Gasteiger partial charge in [-0.3, -0.25) is 18.5 Å². The van der Waals surface area contributed by atoms with Gasteiger partial charge in [-0.15, -0.1) is 0 Å². The molecule has 21 heteroatoms. The number of aromatic hydroxyl groups is 2. The number of carbonyl (C=O) groups excluding carboxylic acids is 1. The number of anilines is 4. The van der Waals surface area contributed by atoms with Crippen LogP contribution in [0.5, 0.6) is 11.5 Å². The molecule has 0 saturated carbocycles. The minimum Gasteiger partial charge on any atom is -0.507 e. The van der Waals surface area contributed by atoms with E-state index in [1.807, 2.05) is 0 Å². The smallest absolute Gasteiger partial charge is 0.323 e. The highest BCUT2D eigenvalue weighted by molar-refractivity contribution is 7.93. The number of nitrogens with one attached hydrogen (secondary N) is 4. The number of rotatable bonds is 10. The Hall–Kier alpha value is -5.97. The molecule has 280 valence electrons. The normalized spacial score (nSPS) is 12.3. The van der Waals surface area contributed by atoms with Crippen LogP contribution in [0.25, 0.3) is 21.5 Å². The van der Waals surface area contributed by atoms with Crippen molar-refractivity contribution in [2.75, 3.05) is 20.1 Å². The van der Waals surface area contributed by atoms with E-state index >= 15 is 0 Å². The third kappa shape index (κ3) is 8.30. The first-order valence-electron chi connectivity index (χ1n) is 15.0. The first-order valence-corrected chi connectivity index (χ1v) is 20.8. The SMILES string of the molecule is O=C(Nc1cccc(S(=O)(=O)Nc2ccc3c(O)cc(S(=O)(=O)O)cc3c2)c1)Nc1cccc(S(=O)(=O)Nc2ccc3c(O)cc(S(=O)(=O)O)cc3c2)c1. The average Bonchev–Trinajstić information content (AvgIpc) is 3.07. The molecule has 0 heterocycles. The Balaban J connectivity index is 1.15. The lowest BCUT2D eigenvalue weighted by molar-refractivity contribution is 0.262. The fourth-order valence-electron chi connectivity index (χ4n) is 5.27. The van der Waals surface area contributed by atoms with Crippen LogP contribution >= 0.6 is 0 Å². The van der Waals surface area contributed by atoms with Crippen molar-refractivity contribution in [3.63, 3.8) is 0 Å². The van der Waals surface area contributed by atoms with Gasteiger partial charge in [0.05, 0.1) is 19.6 Å². The standard InChI is InChI=1S/C33H26N4O13S4/c38-31-17-27(53(45,46)47)13-19-11-23(7-9-29(19)31)36-51(41,42)25-5-1-3-21(15-25)34-33(40)35-22-4-2-6-26(16-22)52(43,44)37-24-8-10-30-20(12-24)14-28(18-32(30)39)54(48,49)50/h1-18,36-39H,(H2,34,35,40)(H,45,46,47)(H,48,49,50). The van der Waals surface area contributed by atoms with Crippen molar-refractivity contribution in [3.8, 4) is 11.5 Å². The zero-order valence-corrected chi connectivity index (χ0v) is 30.3. The van der Waals surface area contributed by atoms with Crippen LogP contribution in [-0.4, -0.2) is 59.0 Å². The second-order valence-corrected chi connectivity index (χ2v) is 17.8. The summed E-state index contributed by atoms with van der Waals surface area (Å²) < 4.78 is 123. The van der Waals surface area contributed by atoms with Gasteiger partial charge in [0.1, 0.15) is 11.5 Å². The number of phenols is 2. The Labute approximate surface area is 307 Å². The van der Waals surface area contributed by atoms with Crippen LogP contribution in [0.15, 0.2) is 129 Å². The van der Waals surface area contributed by atoms with Gasteiger partial charge in [-0.2, -0.15) is 16.8 Å². The van der Waals surface area contributed by atoms with Crippen LogP contribution in [0.2, 0.25) is 0 Å². The molecule has 0 spiro atoms. The topological polar surface area (TPSA) is 283 Å². The van der Waals surface area contributed by atoms with Crippen LogP contribution in [0.4, 0.5) is 27.5 Å². The van der Waals surface area contributed by atoms with Crippen molar-refractivity contribution in [1.82, 2.24) is 0 Å². The number of amides is 2. The summed E-state index contributed by atoms with van der Waals surface area (Å²) in [5.41, 5.74) is 0.0325. The first kappa shape index (κ1) is 37.8. The fraction of sp³-hybridized carbons (Fsp3) is 0. The molecule has 17 nitrogen and oxygen atoms in total. The molecule has 0 aromatic heterocycles. The lowest BCUT2D eigenvalue weighted by atomic mass is 10.1. The van der Waals surface area contributed by atoms with Crippen LogP contribution in [-0.2, 0) is 40.3 Å². The number of hydrogen-bond acceptors (Lipinski definition) is 11. The van der Waals surface area contributed by atoms with Crippen molar-refractivity contribution in [3.05, 3.63) is 109 Å². The Morgan fingerprint density at radius 1 is 0.444 bits per heavy atom. The lowest BCUT2D eigenvalue weighted by Crippen LogP contribution is -2.20. The van der Waals surface area contributed by atoms with E-state index in [4.69, 9.17) is 0 Å². The van der Waals surface area contributed by atoms with E-state index in [1.165, 1.54) is 72.8 Å². The summed E-state index contributed by atoms with van der Waals surface area (Å²) in [5, 5.41) is 25.8. The Bertz CT molecular complexity index is 2770. The number of sulfonamides is 2. The highest BCUT2D eigenvalue weighted by Crippen LogP contribution is 2.33. The third-order valence-electron chi connectivity index (χ3n) is 7.71. The van der Waals surface area contributed by atoms with E-state index in [0.717, 1.165) is 36.4 Å². The molecule has 54 heavy (non-hydrogen) atoms. The Morgan fingerprint density at radius 3 is 1.20 bits per heavy atom. The van der Waals surface area contributed by atoms with E-state index in [9.17, 15) is 57.8 Å². The van der Waals surface area contributed by atoms with Crippen molar-refractivity contribution in [1.29, 1.82) is 0 Å². The molecule has 6 aromatic rings. The zero-order valence-electron chi connectivity index (χ0n) is 27.0. The van der Waals surface area contributed by atoms with Gasteiger partial charge in [0, 0.05) is 45.7 Å². The van der Waals surface area contributed by atoms with Gasteiger partial charge in [0.15, 0.2) is 0 Å². The molecule has 6 aromatic carbocycles. The van der Waals surface area contributed by atoms with E-state index in [-0.39, 0.29) is 54.1 Å². The summed E-state index contributed by atoms with van der Waals surface area (Å²) in [6, 6.07) is 21.0. The van der Waals surface area contributed by atoms with E-state index < -0.39 is 67.6 Å². The molecule has 2 amide bonds. The zero-order chi connectivity index (χ0) is 39.2. The molecule has 6 rings (SSSR count). The number of phenolic OH excluding ortho intramolecular Hbond substituents is 2. The number of carbonyl (C=O) groups is 1. The predicted octanol–water partition coefficient (Wildman–Crippen LogP) is 5.14. The Kier molecular flexibility index (Phi) is 9.64. The van der Waals surface area contributed by atoms with Crippen LogP contribution in [0.3, 0.4) is 0 Å². The number of hydrogen-bond donors (Lipinski definition) is 8. The van der Waals surface area contributed by atoms with E-state index in [2.05, 4.69) is 20.1 Å². The summed E-state index contributed by atoms with van der Waals surface area (Å²) in [6.07, 6.45) is 0. The van der Waals surface area contributed by atoms with Gasteiger partial charge >= 0.3 is 6.03 Å². The molecule has 0 aliphatic heterocycles. The molecule has 0 fully saturated rings. The summed E-state index contributed by atoms with van der Waals surface area (Å²) in [7, 11) is -17.9. The third-order valence-corrected chi connectivity index (χ3v) is 12.1. The maximum absolute atomic E-state index is 13.2. The van der Waals surface area contributed by atoms with Crippen molar-refractivity contribution in [2.24, 2.45) is 0 Å². The average molecular weight is 815 g/mol. The van der Waals surface area contributed by atoms with Crippen molar-refractivity contribution < 1.29 is 57.8 Å². The Morgan fingerprint density at radius 2 is 0.833 bits per heavy atom. The highest BCUT2D eigenvalue weighted by atomic mass is 32.2. The minimum absolute atomic E-state index is 0.0129. The van der Waals surface area contributed by atoms with Gasteiger partial charge in [-0.1, -0.05) is 12.1 Å². The first-order chi connectivity index (χ1) is 25.2. The van der Waals surface area contributed by atoms with Crippen LogP contribution < -0.4 is 20.1 Å². The molecular weight excluding hydrogens is 789 g/mol. The summed E-state index contributed by atoms with van der Waals surface area (Å²) in [4.78, 5) is 11.1. The molecular formula is C33H26N4O13S4. The van der Waals surface area contributed by atoms with Crippen molar-refractivity contribution >= 4 is 90.6 Å². The summed E-state index contributed by atoms with van der Waals surface area (Å²) in [5.74, 6) is -0.914.